The van der Waals surface area contributed by atoms with E-state index < -0.39 is 0 Å². The number of aromatic nitrogens is 3. The van der Waals surface area contributed by atoms with Crippen LogP contribution in [0, 0.1) is 17.1 Å². The fourth-order valence-corrected chi connectivity index (χ4v) is 2.13. The first-order chi connectivity index (χ1) is 13.6. The van der Waals surface area contributed by atoms with Crippen molar-refractivity contribution in [1.82, 2.24) is 20.4 Å². The summed E-state index contributed by atoms with van der Waals surface area (Å²) in [4.78, 5) is 12.0. The summed E-state index contributed by atoms with van der Waals surface area (Å²) < 4.78 is 12.9. The average molecular weight is 377 g/mol. The zero-order valence-electron chi connectivity index (χ0n) is 14.6. The predicted molar refractivity (Wildman–Crippen MR) is 103 cm³/mol. The van der Waals surface area contributed by atoms with Crippen LogP contribution in [-0.2, 0) is 6.54 Å². The standard InChI is InChI=1S/C18H16FN9/c19-15-7-5-14(6-8-15)11-23-28-18-25-16(21)24-17(26-18)27-22-10-13-3-1-12(9-20)2-4-13/h1-8,10,23H,11H2,(H4,21,24,25,26,27,28). The number of hydrazine groups is 1. The van der Waals surface area contributed by atoms with Crippen LogP contribution in [0.15, 0.2) is 53.6 Å². The summed E-state index contributed by atoms with van der Waals surface area (Å²) in [6.45, 7) is 0.422. The first-order valence-electron chi connectivity index (χ1n) is 8.16. The van der Waals surface area contributed by atoms with Gasteiger partial charge in [-0.1, -0.05) is 24.3 Å². The number of nitrogens with zero attached hydrogens (tertiary/aromatic N) is 5. The van der Waals surface area contributed by atoms with Crippen molar-refractivity contribution in [2.45, 2.75) is 6.54 Å². The Labute approximate surface area is 160 Å². The molecule has 140 valence electrons. The second-order valence-corrected chi connectivity index (χ2v) is 5.55. The Bertz CT molecular complexity index is 995. The number of nitrogens with one attached hydrogen (secondary N) is 3. The molecule has 0 amide bonds. The van der Waals surface area contributed by atoms with E-state index in [0.717, 1.165) is 11.1 Å². The molecular weight excluding hydrogens is 361 g/mol. The van der Waals surface area contributed by atoms with Crippen molar-refractivity contribution < 1.29 is 4.39 Å². The van der Waals surface area contributed by atoms with E-state index in [-0.39, 0.29) is 23.7 Å². The summed E-state index contributed by atoms with van der Waals surface area (Å²) in [5.74, 6) is 0.0746. The molecule has 28 heavy (non-hydrogen) atoms. The van der Waals surface area contributed by atoms with Crippen LogP contribution in [0.25, 0.3) is 0 Å². The molecule has 0 aliphatic carbocycles. The van der Waals surface area contributed by atoms with Crippen molar-refractivity contribution in [2.75, 3.05) is 16.6 Å². The number of halogens is 1. The van der Waals surface area contributed by atoms with Crippen molar-refractivity contribution >= 4 is 24.1 Å². The Morgan fingerprint density at radius 2 is 1.75 bits per heavy atom. The highest BCUT2D eigenvalue weighted by molar-refractivity contribution is 5.80. The van der Waals surface area contributed by atoms with Gasteiger partial charge in [-0.3, -0.25) is 5.43 Å². The van der Waals surface area contributed by atoms with Gasteiger partial charge in [-0.25, -0.2) is 15.2 Å². The fraction of sp³-hybridized carbons (Fsp3) is 0.0556. The van der Waals surface area contributed by atoms with Crippen LogP contribution < -0.4 is 22.0 Å². The van der Waals surface area contributed by atoms with Crippen LogP contribution in [0.3, 0.4) is 0 Å². The fourth-order valence-electron chi connectivity index (χ4n) is 2.13. The Morgan fingerprint density at radius 3 is 2.46 bits per heavy atom. The molecule has 0 radical (unpaired) electrons. The van der Waals surface area contributed by atoms with Crippen molar-refractivity contribution in [2.24, 2.45) is 5.10 Å². The Kier molecular flexibility index (Phi) is 6.02. The van der Waals surface area contributed by atoms with E-state index in [1.807, 2.05) is 6.07 Å². The summed E-state index contributed by atoms with van der Waals surface area (Å²) in [6.07, 6.45) is 1.56. The van der Waals surface area contributed by atoms with Gasteiger partial charge in [0.15, 0.2) is 0 Å². The Balaban J connectivity index is 1.56. The molecule has 0 saturated heterocycles. The third-order valence-corrected chi connectivity index (χ3v) is 3.48. The summed E-state index contributed by atoms with van der Waals surface area (Å²) >= 11 is 0. The van der Waals surface area contributed by atoms with Gasteiger partial charge < -0.3 is 5.73 Å². The third kappa shape index (κ3) is 5.45. The molecule has 3 rings (SSSR count). The van der Waals surface area contributed by atoms with Crippen LogP contribution in [0.5, 0.6) is 0 Å². The summed E-state index contributed by atoms with van der Waals surface area (Å²) in [7, 11) is 0. The number of nitriles is 1. The van der Waals surface area contributed by atoms with E-state index in [1.165, 1.54) is 12.1 Å². The number of anilines is 3. The van der Waals surface area contributed by atoms with Crippen LogP contribution >= 0.6 is 0 Å². The lowest BCUT2D eigenvalue weighted by Gasteiger charge is -2.08. The van der Waals surface area contributed by atoms with Gasteiger partial charge in [-0.2, -0.15) is 25.3 Å². The molecule has 5 N–H and O–H groups in total. The Morgan fingerprint density at radius 1 is 1.04 bits per heavy atom. The van der Waals surface area contributed by atoms with Gasteiger partial charge in [-0.15, -0.1) is 0 Å². The lowest BCUT2D eigenvalue weighted by molar-refractivity contribution is 0.626. The topological polar surface area (TPSA) is 137 Å². The van der Waals surface area contributed by atoms with Gasteiger partial charge in [0.1, 0.15) is 5.82 Å². The number of nitrogens with two attached hydrogens (primary N) is 1. The quantitative estimate of drug-likeness (QED) is 0.363. The molecule has 0 atom stereocenters. The highest BCUT2D eigenvalue weighted by atomic mass is 19.1. The van der Waals surface area contributed by atoms with Crippen LogP contribution in [-0.4, -0.2) is 21.2 Å². The zero-order valence-corrected chi connectivity index (χ0v) is 14.6. The second kappa shape index (κ2) is 9.02. The van der Waals surface area contributed by atoms with Gasteiger partial charge in [-0.05, 0) is 35.4 Å². The molecule has 9 nitrogen and oxygen atoms in total. The normalized spacial score (nSPS) is 10.6. The van der Waals surface area contributed by atoms with Crippen LogP contribution in [0.1, 0.15) is 16.7 Å². The summed E-state index contributed by atoms with van der Waals surface area (Å²) in [6, 6.07) is 15.0. The van der Waals surface area contributed by atoms with Gasteiger partial charge in [0.25, 0.3) is 0 Å². The molecule has 0 spiro atoms. The maximum absolute atomic E-state index is 12.9. The minimum atomic E-state index is -0.292. The van der Waals surface area contributed by atoms with Gasteiger partial charge in [0.2, 0.25) is 17.8 Å². The van der Waals surface area contributed by atoms with Crippen LogP contribution in [0.2, 0.25) is 0 Å². The average Bonchev–Trinajstić information content (AvgIpc) is 2.70. The lowest BCUT2D eigenvalue weighted by atomic mass is 10.2. The molecule has 1 aromatic heterocycles. The van der Waals surface area contributed by atoms with E-state index >= 15 is 0 Å². The third-order valence-electron chi connectivity index (χ3n) is 3.48. The maximum Gasteiger partial charge on any atom is 0.250 e. The first kappa shape index (κ1) is 18.7. The van der Waals surface area contributed by atoms with E-state index in [2.05, 4.69) is 36.3 Å². The van der Waals surface area contributed by atoms with E-state index in [0.29, 0.717) is 12.1 Å². The Hall–Kier alpha value is -4.10. The SMILES string of the molecule is N#Cc1ccc(C=NNc2nc(N)nc(NNCc3ccc(F)cc3)n2)cc1. The monoisotopic (exact) mass is 377 g/mol. The van der Waals surface area contributed by atoms with Crippen molar-refractivity contribution in [3.05, 3.63) is 71.0 Å². The molecule has 0 unspecified atom stereocenters. The highest BCUT2D eigenvalue weighted by Crippen LogP contribution is 2.07. The second-order valence-electron chi connectivity index (χ2n) is 5.55. The number of rotatable bonds is 7. The molecule has 2 aromatic carbocycles. The zero-order chi connectivity index (χ0) is 19.8. The summed E-state index contributed by atoms with van der Waals surface area (Å²) in [5, 5.41) is 12.8. The lowest BCUT2D eigenvalue weighted by Crippen LogP contribution is -2.23. The number of hydrogen-bond donors (Lipinski definition) is 4. The molecule has 10 heteroatoms. The molecule has 0 bridgehead atoms. The molecule has 3 aromatic rings. The van der Waals surface area contributed by atoms with Crippen molar-refractivity contribution in [1.29, 1.82) is 5.26 Å². The number of nitrogen functional groups attached to an aromatic ring is 1. The molecule has 1 heterocycles. The highest BCUT2D eigenvalue weighted by Gasteiger charge is 2.03. The molecular formula is C18H16FN9. The maximum atomic E-state index is 12.9. The molecule has 0 fully saturated rings. The van der Waals surface area contributed by atoms with E-state index in [1.54, 1.807) is 42.6 Å². The molecule has 0 saturated carbocycles. The smallest absolute Gasteiger partial charge is 0.250 e. The van der Waals surface area contributed by atoms with Gasteiger partial charge in [0, 0.05) is 6.54 Å². The summed E-state index contributed by atoms with van der Waals surface area (Å²) in [5.41, 5.74) is 16.3. The minimum absolute atomic E-state index is 0.0113. The number of benzene rings is 2. The van der Waals surface area contributed by atoms with Crippen molar-refractivity contribution in [3.63, 3.8) is 0 Å². The van der Waals surface area contributed by atoms with Crippen molar-refractivity contribution in [3.8, 4) is 6.07 Å². The first-order valence-corrected chi connectivity index (χ1v) is 8.16. The van der Waals surface area contributed by atoms with Crippen LogP contribution in [0.4, 0.5) is 22.2 Å². The van der Waals surface area contributed by atoms with Gasteiger partial charge in [0.05, 0.1) is 17.8 Å². The van der Waals surface area contributed by atoms with Gasteiger partial charge >= 0.3 is 0 Å². The minimum Gasteiger partial charge on any atom is -0.368 e. The van der Waals surface area contributed by atoms with E-state index in [4.69, 9.17) is 11.0 Å². The number of hydrogen-bond acceptors (Lipinski definition) is 9. The molecule has 0 aliphatic heterocycles. The van der Waals surface area contributed by atoms with E-state index in [9.17, 15) is 4.39 Å². The number of hydrazone groups is 1. The predicted octanol–water partition coefficient (Wildman–Crippen LogP) is 2.03. The molecule has 0 aliphatic rings. The largest absolute Gasteiger partial charge is 0.368 e.